The molecule has 0 amide bonds. The van der Waals surface area contributed by atoms with Gasteiger partial charge in [0.05, 0.1) is 12.7 Å². The van der Waals surface area contributed by atoms with Gasteiger partial charge in [-0.15, -0.1) is 0 Å². The van der Waals surface area contributed by atoms with Crippen LogP contribution >= 0.6 is 0 Å². The van der Waals surface area contributed by atoms with E-state index in [-0.39, 0.29) is 11.8 Å². The van der Waals surface area contributed by atoms with Crippen molar-refractivity contribution in [2.75, 3.05) is 13.2 Å². The van der Waals surface area contributed by atoms with E-state index in [0.29, 0.717) is 18.3 Å². The van der Waals surface area contributed by atoms with Crippen molar-refractivity contribution in [2.45, 2.75) is 26.8 Å². The second kappa shape index (κ2) is 6.87. The normalized spacial score (nSPS) is 12.2. The van der Waals surface area contributed by atoms with Gasteiger partial charge in [0.25, 0.3) is 0 Å². The minimum atomic E-state index is -0.382. The van der Waals surface area contributed by atoms with Gasteiger partial charge >= 0.3 is 0 Å². The smallest absolute Gasteiger partial charge is 0.161 e. The predicted molar refractivity (Wildman–Crippen MR) is 70.5 cm³/mol. The number of phenols is 1. The van der Waals surface area contributed by atoms with Gasteiger partial charge in [0, 0.05) is 0 Å². The van der Waals surface area contributed by atoms with Crippen LogP contribution in [0.4, 0.5) is 0 Å². The lowest BCUT2D eigenvalue weighted by Crippen LogP contribution is -2.24. The van der Waals surface area contributed by atoms with Gasteiger partial charge < -0.3 is 9.84 Å². The molecule has 0 radical (unpaired) electrons. The van der Waals surface area contributed by atoms with Crippen molar-refractivity contribution in [3.63, 3.8) is 0 Å². The molecule has 18 heavy (non-hydrogen) atoms. The Hall–Kier alpha value is -1.73. The molecule has 1 rings (SSSR count). The van der Waals surface area contributed by atoms with Crippen LogP contribution in [0, 0.1) is 17.2 Å². The quantitative estimate of drug-likeness (QED) is 0.812. The summed E-state index contributed by atoms with van der Waals surface area (Å²) in [4.78, 5) is 0. The summed E-state index contributed by atoms with van der Waals surface area (Å²) < 4.78 is 5.31. The van der Waals surface area contributed by atoms with E-state index in [2.05, 4.69) is 25.2 Å². The highest BCUT2D eigenvalue weighted by Crippen LogP contribution is 2.29. The van der Waals surface area contributed by atoms with Crippen LogP contribution in [0.25, 0.3) is 0 Å². The van der Waals surface area contributed by atoms with Gasteiger partial charge in [0.15, 0.2) is 11.5 Å². The van der Waals surface area contributed by atoms with Crippen molar-refractivity contribution < 1.29 is 9.84 Å². The number of ether oxygens (including phenoxy) is 1. The molecule has 0 bridgehead atoms. The molecule has 0 aliphatic heterocycles. The van der Waals surface area contributed by atoms with E-state index < -0.39 is 0 Å². The highest BCUT2D eigenvalue weighted by atomic mass is 16.5. The highest BCUT2D eigenvalue weighted by molar-refractivity contribution is 5.43. The second-order valence-electron chi connectivity index (χ2n) is 4.52. The first kappa shape index (κ1) is 14.3. The number of benzene rings is 1. The zero-order chi connectivity index (χ0) is 13.5. The lowest BCUT2D eigenvalue weighted by Gasteiger charge is -2.15. The van der Waals surface area contributed by atoms with Gasteiger partial charge in [-0.1, -0.05) is 19.9 Å². The van der Waals surface area contributed by atoms with E-state index in [0.717, 1.165) is 12.1 Å². The molecule has 0 saturated heterocycles. The molecule has 0 saturated carbocycles. The van der Waals surface area contributed by atoms with Crippen LogP contribution in [0.15, 0.2) is 18.2 Å². The first-order valence-corrected chi connectivity index (χ1v) is 6.17. The van der Waals surface area contributed by atoms with E-state index >= 15 is 0 Å². The number of rotatable bonds is 6. The number of hydrogen-bond donors (Lipinski definition) is 2. The summed E-state index contributed by atoms with van der Waals surface area (Å²) >= 11 is 0. The first-order valence-electron chi connectivity index (χ1n) is 6.17. The molecule has 0 aliphatic rings. The molecule has 1 unspecified atom stereocenters. The lowest BCUT2D eigenvalue weighted by molar-refractivity contribution is 0.317. The maximum absolute atomic E-state index is 9.61. The zero-order valence-corrected chi connectivity index (χ0v) is 11.1. The third kappa shape index (κ3) is 3.94. The Bertz CT molecular complexity index is 424. The van der Waals surface area contributed by atoms with E-state index in [4.69, 9.17) is 10.00 Å². The minimum absolute atomic E-state index is 0.0983. The van der Waals surface area contributed by atoms with Crippen LogP contribution in [0.2, 0.25) is 0 Å². The van der Waals surface area contributed by atoms with Crippen molar-refractivity contribution in [3.8, 4) is 17.6 Å². The molecule has 4 heteroatoms. The molecule has 98 valence electrons. The Morgan fingerprint density at radius 2 is 2.17 bits per heavy atom. The average Bonchev–Trinajstić information content (AvgIpc) is 2.33. The molecule has 0 aromatic heterocycles. The molecule has 0 aliphatic carbocycles. The number of hydrogen-bond acceptors (Lipinski definition) is 4. The number of nitriles is 1. The number of nitrogens with zero attached hydrogens (tertiary/aromatic N) is 1. The first-order chi connectivity index (χ1) is 8.58. The Balaban J connectivity index is 2.86. The van der Waals surface area contributed by atoms with Crippen molar-refractivity contribution in [3.05, 3.63) is 23.8 Å². The molecule has 0 spiro atoms. The molecule has 1 aromatic rings. The van der Waals surface area contributed by atoms with Crippen LogP contribution < -0.4 is 10.1 Å². The van der Waals surface area contributed by atoms with Gasteiger partial charge in [-0.25, -0.2) is 0 Å². The van der Waals surface area contributed by atoms with Gasteiger partial charge in [0.1, 0.15) is 6.04 Å². The summed E-state index contributed by atoms with van der Waals surface area (Å²) in [5.74, 6) is 0.993. The van der Waals surface area contributed by atoms with Gasteiger partial charge in [0.2, 0.25) is 0 Å². The summed E-state index contributed by atoms with van der Waals surface area (Å²) in [6, 6.07) is 6.83. The van der Waals surface area contributed by atoms with E-state index in [9.17, 15) is 5.11 Å². The topological polar surface area (TPSA) is 65.3 Å². The third-order valence-corrected chi connectivity index (χ3v) is 2.48. The van der Waals surface area contributed by atoms with Crippen molar-refractivity contribution in [1.82, 2.24) is 5.32 Å². The van der Waals surface area contributed by atoms with Gasteiger partial charge in [-0.05, 0) is 37.1 Å². The Labute approximate surface area is 108 Å². The number of aromatic hydroxyl groups is 1. The molecule has 2 N–H and O–H groups in total. The maximum atomic E-state index is 9.61. The third-order valence-electron chi connectivity index (χ3n) is 2.48. The Morgan fingerprint density at radius 3 is 2.72 bits per heavy atom. The fourth-order valence-corrected chi connectivity index (χ4v) is 1.57. The van der Waals surface area contributed by atoms with Crippen molar-refractivity contribution in [2.24, 2.45) is 5.92 Å². The highest BCUT2D eigenvalue weighted by Gasteiger charge is 2.13. The molecule has 0 heterocycles. The van der Waals surface area contributed by atoms with Crippen LogP contribution in [-0.4, -0.2) is 18.3 Å². The SMILES string of the molecule is CCOc1cc(C(C#N)NCC(C)C)ccc1O. The largest absolute Gasteiger partial charge is 0.504 e. The average molecular weight is 248 g/mol. The fraction of sp³-hybridized carbons (Fsp3) is 0.500. The fourth-order valence-electron chi connectivity index (χ4n) is 1.57. The van der Waals surface area contributed by atoms with Crippen molar-refractivity contribution >= 4 is 0 Å². The second-order valence-corrected chi connectivity index (χ2v) is 4.52. The predicted octanol–water partition coefficient (Wildman–Crippen LogP) is 2.60. The van der Waals surface area contributed by atoms with E-state index in [1.54, 1.807) is 18.2 Å². The molecule has 1 aromatic carbocycles. The van der Waals surface area contributed by atoms with E-state index in [1.807, 2.05) is 6.92 Å². The molecule has 4 nitrogen and oxygen atoms in total. The van der Waals surface area contributed by atoms with Crippen molar-refractivity contribution in [1.29, 1.82) is 5.26 Å². The van der Waals surface area contributed by atoms with Crippen LogP contribution in [0.5, 0.6) is 11.5 Å². The standard InChI is InChI=1S/C14H20N2O2/c1-4-18-14-7-11(5-6-13(14)17)12(8-15)16-9-10(2)3/h5-7,10,12,16-17H,4,9H2,1-3H3. The Morgan fingerprint density at radius 1 is 1.44 bits per heavy atom. The summed E-state index contributed by atoms with van der Waals surface area (Å²) in [6.07, 6.45) is 0. The van der Waals surface area contributed by atoms with Crippen LogP contribution in [-0.2, 0) is 0 Å². The minimum Gasteiger partial charge on any atom is -0.504 e. The lowest BCUT2D eigenvalue weighted by atomic mass is 10.1. The van der Waals surface area contributed by atoms with Crippen LogP contribution in [0.1, 0.15) is 32.4 Å². The summed E-state index contributed by atoms with van der Waals surface area (Å²) in [6.45, 7) is 7.27. The summed E-state index contributed by atoms with van der Waals surface area (Å²) in [5, 5.41) is 22.0. The monoisotopic (exact) mass is 248 g/mol. The molecule has 1 atom stereocenters. The van der Waals surface area contributed by atoms with Gasteiger partial charge in [-0.3, -0.25) is 5.32 Å². The van der Waals surface area contributed by atoms with Crippen LogP contribution in [0.3, 0.4) is 0 Å². The number of nitrogens with one attached hydrogen (secondary N) is 1. The molecular formula is C14H20N2O2. The summed E-state index contributed by atoms with van der Waals surface area (Å²) in [5.41, 5.74) is 0.805. The molecule has 0 fully saturated rings. The summed E-state index contributed by atoms with van der Waals surface area (Å²) in [7, 11) is 0. The Kier molecular flexibility index (Phi) is 5.47. The van der Waals surface area contributed by atoms with Gasteiger partial charge in [-0.2, -0.15) is 5.26 Å². The van der Waals surface area contributed by atoms with E-state index in [1.165, 1.54) is 0 Å². The zero-order valence-electron chi connectivity index (χ0n) is 11.1. The number of phenolic OH excluding ortho intramolecular Hbond substituents is 1. The molecular weight excluding hydrogens is 228 g/mol. The maximum Gasteiger partial charge on any atom is 0.161 e.